The lowest BCUT2D eigenvalue weighted by Gasteiger charge is -2.07. The molecule has 0 bridgehead atoms. The van der Waals surface area contributed by atoms with Crippen molar-refractivity contribution in [2.45, 2.75) is 18.9 Å². The van der Waals surface area contributed by atoms with Crippen LogP contribution in [0.2, 0.25) is 0 Å². The van der Waals surface area contributed by atoms with Gasteiger partial charge in [-0.1, -0.05) is 0 Å². The van der Waals surface area contributed by atoms with E-state index < -0.39 is 18.0 Å². The molecule has 0 aliphatic carbocycles. The summed E-state index contributed by atoms with van der Waals surface area (Å²) >= 11 is 0. The molecule has 90 valence electrons. The predicted molar refractivity (Wildman–Crippen MR) is 55.0 cm³/mol. The summed E-state index contributed by atoms with van der Waals surface area (Å²) in [6.07, 6.45) is 0.606. The SMILES string of the molecule is NC(N)=NCCCC(N)C(=O)OC(=O)C=O. The van der Waals surface area contributed by atoms with Crippen LogP contribution in [0.4, 0.5) is 0 Å². The molecule has 0 aromatic rings. The molecule has 0 fully saturated rings. The molecule has 0 saturated carbocycles. The van der Waals surface area contributed by atoms with Crippen molar-refractivity contribution in [1.82, 2.24) is 0 Å². The first-order chi connectivity index (χ1) is 7.47. The van der Waals surface area contributed by atoms with Crippen molar-refractivity contribution in [3.05, 3.63) is 0 Å². The number of hydrogen-bond donors (Lipinski definition) is 3. The minimum absolute atomic E-state index is 0.0488. The van der Waals surface area contributed by atoms with Crippen molar-refractivity contribution in [3.63, 3.8) is 0 Å². The van der Waals surface area contributed by atoms with Gasteiger partial charge in [-0.25, -0.2) is 9.59 Å². The number of nitrogens with zero attached hydrogens (tertiary/aromatic N) is 1. The molecule has 0 aliphatic heterocycles. The van der Waals surface area contributed by atoms with Crippen LogP contribution in [0.15, 0.2) is 4.99 Å². The maximum Gasteiger partial charge on any atom is 0.378 e. The number of nitrogens with two attached hydrogens (primary N) is 3. The van der Waals surface area contributed by atoms with Crippen molar-refractivity contribution in [3.8, 4) is 0 Å². The van der Waals surface area contributed by atoms with Crippen LogP contribution in [0.25, 0.3) is 0 Å². The average molecular weight is 230 g/mol. The molecular weight excluding hydrogens is 216 g/mol. The van der Waals surface area contributed by atoms with Crippen LogP contribution in [0, 0.1) is 0 Å². The van der Waals surface area contributed by atoms with Crippen LogP contribution in [0.1, 0.15) is 12.8 Å². The minimum atomic E-state index is -1.26. The third kappa shape index (κ3) is 6.49. The van der Waals surface area contributed by atoms with Gasteiger partial charge in [0.05, 0.1) is 0 Å². The number of rotatable bonds is 6. The largest absolute Gasteiger partial charge is 0.386 e. The molecule has 1 atom stereocenters. The summed E-state index contributed by atoms with van der Waals surface area (Å²) in [5.41, 5.74) is 15.5. The molecule has 0 aromatic heterocycles. The van der Waals surface area contributed by atoms with E-state index >= 15 is 0 Å². The zero-order valence-electron chi connectivity index (χ0n) is 8.59. The van der Waals surface area contributed by atoms with Gasteiger partial charge in [-0.15, -0.1) is 0 Å². The number of aliphatic imine (C=N–C) groups is 1. The molecule has 8 nitrogen and oxygen atoms in total. The molecule has 1 unspecified atom stereocenters. The van der Waals surface area contributed by atoms with Gasteiger partial charge < -0.3 is 21.9 Å². The Bertz CT molecular complexity index is 298. The van der Waals surface area contributed by atoms with Gasteiger partial charge in [-0.2, -0.15) is 0 Å². The fourth-order valence-corrected chi connectivity index (χ4v) is 0.836. The summed E-state index contributed by atoms with van der Waals surface area (Å²) in [7, 11) is 0. The molecule has 0 spiro atoms. The highest BCUT2D eigenvalue weighted by molar-refractivity contribution is 6.23. The topological polar surface area (TPSA) is 151 Å². The molecular formula is C8H14N4O4. The maximum atomic E-state index is 11.0. The quantitative estimate of drug-likeness (QED) is 0.0877. The Morgan fingerprint density at radius 2 is 2.00 bits per heavy atom. The standard InChI is InChI=1S/C8H14N4O4/c9-5(2-1-3-12-8(10)11)7(15)16-6(14)4-13/h4-5H,1-3,9H2,(H4,10,11,12). The summed E-state index contributed by atoms with van der Waals surface area (Å²) in [6, 6.07) is -0.974. The number of ether oxygens (including phenoxy) is 1. The fourth-order valence-electron chi connectivity index (χ4n) is 0.836. The zero-order chi connectivity index (χ0) is 12.6. The van der Waals surface area contributed by atoms with Crippen molar-refractivity contribution in [1.29, 1.82) is 0 Å². The number of carbonyl (C=O) groups is 3. The Balaban J connectivity index is 3.84. The molecule has 8 heteroatoms. The van der Waals surface area contributed by atoms with E-state index in [-0.39, 0.29) is 18.7 Å². The number of aldehydes is 1. The Morgan fingerprint density at radius 1 is 1.38 bits per heavy atom. The minimum Gasteiger partial charge on any atom is -0.386 e. The van der Waals surface area contributed by atoms with Crippen LogP contribution in [-0.4, -0.2) is 36.8 Å². The highest BCUT2D eigenvalue weighted by Crippen LogP contribution is 1.97. The van der Waals surface area contributed by atoms with Crippen LogP contribution in [0.3, 0.4) is 0 Å². The third-order valence-electron chi connectivity index (χ3n) is 1.57. The first-order valence-electron chi connectivity index (χ1n) is 4.49. The Hall–Kier alpha value is -1.96. The van der Waals surface area contributed by atoms with E-state index in [4.69, 9.17) is 17.2 Å². The van der Waals surface area contributed by atoms with E-state index in [0.29, 0.717) is 13.0 Å². The monoisotopic (exact) mass is 230 g/mol. The molecule has 6 N–H and O–H groups in total. The second-order valence-corrected chi connectivity index (χ2v) is 2.91. The lowest BCUT2D eigenvalue weighted by molar-refractivity contribution is -0.162. The lowest BCUT2D eigenvalue weighted by atomic mass is 10.2. The smallest absolute Gasteiger partial charge is 0.378 e. The maximum absolute atomic E-state index is 11.0. The first kappa shape index (κ1) is 14.0. The van der Waals surface area contributed by atoms with Crippen molar-refractivity contribution < 1.29 is 19.1 Å². The zero-order valence-corrected chi connectivity index (χ0v) is 8.59. The average Bonchev–Trinajstić information content (AvgIpc) is 2.23. The van der Waals surface area contributed by atoms with Crippen LogP contribution >= 0.6 is 0 Å². The van der Waals surface area contributed by atoms with Gasteiger partial charge in [0.1, 0.15) is 6.04 Å². The van der Waals surface area contributed by atoms with E-state index in [9.17, 15) is 14.4 Å². The highest BCUT2D eigenvalue weighted by Gasteiger charge is 2.17. The summed E-state index contributed by atoms with van der Waals surface area (Å²) in [4.78, 5) is 35.0. The number of guanidine groups is 1. The summed E-state index contributed by atoms with van der Waals surface area (Å²) in [6.45, 7) is 0.324. The second kappa shape index (κ2) is 7.35. The molecule has 0 saturated heterocycles. The third-order valence-corrected chi connectivity index (χ3v) is 1.57. The van der Waals surface area contributed by atoms with Crippen LogP contribution in [0.5, 0.6) is 0 Å². The molecule has 16 heavy (non-hydrogen) atoms. The van der Waals surface area contributed by atoms with Crippen molar-refractivity contribution in [2.24, 2.45) is 22.2 Å². The van der Waals surface area contributed by atoms with Gasteiger partial charge in [0, 0.05) is 6.54 Å². The highest BCUT2D eigenvalue weighted by atomic mass is 16.6. The molecule has 0 radical (unpaired) electrons. The normalized spacial score (nSPS) is 11.3. The first-order valence-corrected chi connectivity index (χ1v) is 4.49. The molecule has 0 aliphatic rings. The van der Waals surface area contributed by atoms with E-state index in [1.165, 1.54) is 0 Å². The summed E-state index contributed by atoms with van der Waals surface area (Å²) < 4.78 is 4.08. The second-order valence-electron chi connectivity index (χ2n) is 2.91. The van der Waals surface area contributed by atoms with E-state index in [1.807, 2.05) is 0 Å². The van der Waals surface area contributed by atoms with Gasteiger partial charge >= 0.3 is 11.9 Å². The van der Waals surface area contributed by atoms with Crippen LogP contribution in [-0.2, 0) is 19.1 Å². The number of hydrogen-bond acceptors (Lipinski definition) is 6. The molecule has 0 aromatic carbocycles. The Labute approximate surface area is 91.8 Å². The van der Waals surface area contributed by atoms with E-state index in [0.717, 1.165) is 0 Å². The molecule has 0 heterocycles. The Kier molecular flexibility index (Phi) is 6.45. The summed E-state index contributed by atoms with van der Waals surface area (Å²) in [5.74, 6) is -2.25. The van der Waals surface area contributed by atoms with Gasteiger partial charge in [-0.3, -0.25) is 9.79 Å². The van der Waals surface area contributed by atoms with Gasteiger partial charge in [0.2, 0.25) is 6.29 Å². The number of esters is 2. The van der Waals surface area contributed by atoms with Crippen LogP contribution < -0.4 is 17.2 Å². The number of carbonyl (C=O) groups excluding carboxylic acids is 3. The van der Waals surface area contributed by atoms with Gasteiger partial charge in [0.25, 0.3) is 0 Å². The van der Waals surface area contributed by atoms with E-state index in [2.05, 4.69) is 9.73 Å². The Morgan fingerprint density at radius 3 is 2.50 bits per heavy atom. The van der Waals surface area contributed by atoms with Crippen molar-refractivity contribution >= 4 is 24.2 Å². The molecule has 0 rings (SSSR count). The lowest BCUT2D eigenvalue weighted by Crippen LogP contribution is -2.34. The molecule has 0 amide bonds. The summed E-state index contributed by atoms with van der Waals surface area (Å²) in [5, 5.41) is 0. The fraction of sp³-hybridized carbons (Fsp3) is 0.500. The van der Waals surface area contributed by atoms with Crippen molar-refractivity contribution in [2.75, 3.05) is 6.54 Å². The van der Waals surface area contributed by atoms with Gasteiger partial charge in [0.15, 0.2) is 5.96 Å². The predicted octanol–water partition coefficient (Wildman–Crippen LogP) is -2.36. The van der Waals surface area contributed by atoms with E-state index in [1.54, 1.807) is 0 Å². The van der Waals surface area contributed by atoms with Gasteiger partial charge in [-0.05, 0) is 12.8 Å².